The molecule has 0 saturated carbocycles. The van der Waals surface area contributed by atoms with Gasteiger partial charge in [0, 0.05) is 6.07 Å². The molecule has 1 aromatic rings. The second-order valence-corrected chi connectivity index (χ2v) is 5.68. The average molecular weight is 283 g/mol. The standard InChI is InChI=1S/C12H16N2O4P/c1-8-4-10-11(5-9(8)2)14(16)13(3)6-12(10)19(17)18-7-15/h4-6,14-15H,7H2,1-3H3/q+1. The van der Waals surface area contributed by atoms with E-state index in [1.165, 1.54) is 11.2 Å². The Morgan fingerprint density at radius 2 is 2.05 bits per heavy atom. The van der Waals surface area contributed by atoms with E-state index in [1.54, 1.807) is 13.1 Å². The van der Waals surface area contributed by atoms with E-state index in [-0.39, 0.29) is 5.17 Å². The molecule has 1 heterocycles. The smallest absolute Gasteiger partial charge is 0.553 e. The molecule has 2 unspecified atom stereocenters. The Kier molecular flexibility index (Phi) is 3.99. The highest BCUT2D eigenvalue weighted by Gasteiger charge is 2.37. The predicted octanol–water partition coefficient (Wildman–Crippen LogP) is 1.19. The van der Waals surface area contributed by atoms with Crippen molar-refractivity contribution in [1.82, 2.24) is 5.01 Å². The Labute approximate surface area is 112 Å². The maximum atomic E-state index is 12.1. The van der Waals surface area contributed by atoms with Crippen molar-refractivity contribution < 1.29 is 19.4 Å². The molecule has 0 amide bonds. The predicted molar refractivity (Wildman–Crippen MR) is 71.4 cm³/mol. The molecule has 2 rings (SSSR count). The number of rotatable bonds is 3. The molecule has 1 aliphatic heterocycles. The number of nitrogens with zero attached hydrogens (tertiary/aromatic N) is 1. The first-order chi connectivity index (χ1) is 8.95. The van der Waals surface area contributed by atoms with Crippen LogP contribution in [-0.2, 0) is 9.09 Å². The van der Waals surface area contributed by atoms with E-state index in [0.717, 1.165) is 11.1 Å². The van der Waals surface area contributed by atoms with Crippen molar-refractivity contribution in [3.63, 3.8) is 0 Å². The summed E-state index contributed by atoms with van der Waals surface area (Å²) in [6.45, 7) is 3.23. The zero-order chi connectivity index (χ0) is 14.2. The number of hydrogen-bond donors (Lipinski definition) is 2. The van der Waals surface area contributed by atoms with Gasteiger partial charge >= 0.3 is 8.03 Å². The summed E-state index contributed by atoms with van der Waals surface area (Å²) in [5.41, 5.74) is 3.13. The third-order valence-corrected chi connectivity index (χ3v) is 4.25. The largest absolute Gasteiger partial charge is 0.603 e. The monoisotopic (exact) mass is 283 g/mol. The van der Waals surface area contributed by atoms with Gasteiger partial charge in [-0.2, -0.15) is 0 Å². The molecule has 1 aliphatic rings. The van der Waals surface area contributed by atoms with Crippen molar-refractivity contribution in [3.05, 3.63) is 40.2 Å². The number of quaternary nitrogens is 1. The van der Waals surface area contributed by atoms with Crippen molar-refractivity contribution >= 4 is 19.0 Å². The quantitative estimate of drug-likeness (QED) is 0.495. The highest BCUT2D eigenvalue weighted by molar-refractivity contribution is 7.51. The summed E-state index contributed by atoms with van der Waals surface area (Å²) in [5.74, 6) is 0. The van der Waals surface area contributed by atoms with Gasteiger partial charge < -0.3 is 10.3 Å². The number of aryl methyl sites for hydroxylation is 2. The Balaban J connectivity index is 2.56. The molecule has 102 valence electrons. The molecule has 2 N–H and O–H groups in total. The Morgan fingerprint density at radius 1 is 1.42 bits per heavy atom. The van der Waals surface area contributed by atoms with Crippen LogP contribution < -0.4 is 5.17 Å². The Morgan fingerprint density at radius 3 is 2.68 bits per heavy atom. The topological polar surface area (TPSA) is 77.3 Å². The zero-order valence-electron chi connectivity index (χ0n) is 11.0. The summed E-state index contributed by atoms with van der Waals surface area (Å²) in [7, 11) is -0.586. The van der Waals surface area contributed by atoms with Crippen LogP contribution in [0.15, 0.2) is 18.3 Å². The lowest BCUT2D eigenvalue weighted by atomic mass is 10.0. The fraction of sp³-hybridized carbons (Fsp3) is 0.333. The molecule has 0 bridgehead atoms. The van der Waals surface area contributed by atoms with Gasteiger partial charge in [0.05, 0.1) is 12.6 Å². The minimum Gasteiger partial charge on any atom is -0.603 e. The van der Waals surface area contributed by atoms with Crippen LogP contribution in [0.2, 0.25) is 0 Å². The average Bonchev–Trinajstić information content (AvgIpc) is 2.36. The van der Waals surface area contributed by atoms with Crippen molar-refractivity contribution in [2.75, 3.05) is 13.8 Å². The third-order valence-electron chi connectivity index (χ3n) is 3.15. The van der Waals surface area contributed by atoms with Crippen LogP contribution in [0.4, 0.5) is 5.69 Å². The number of fused-ring (bicyclic) bond motifs is 1. The lowest BCUT2D eigenvalue weighted by molar-refractivity contribution is -0.899. The Hall–Kier alpha value is -1.30. The van der Waals surface area contributed by atoms with Gasteiger partial charge in [0.1, 0.15) is 6.20 Å². The molecule has 0 saturated heterocycles. The van der Waals surface area contributed by atoms with Gasteiger partial charge in [-0.05, 0) is 35.6 Å². The summed E-state index contributed by atoms with van der Waals surface area (Å²) < 4.78 is 16.7. The lowest BCUT2D eigenvalue weighted by Gasteiger charge is -2.33. The first-order valence-corrected chi connectivity index (χ1v) is 6.95. The second kappa shape index (κ2) is 5.36. The van der Waals surface area contributed by atoms with E-state index in [9.17, 15) is 9.77 Å². The number of benzene rings is 1. The molecule has 0 radical (unpaired) electrons. The van der Waals surface area contributed by atoms with Crippen molar-refractivity contribution in [2.24, 2.45) is 0 Å². The summed E-state index contributed by atoms with van der Waals surface area (Å²) in [6, 6.07) is 3.62. The fourth-order valence-corrected chi connectivity index (χ4v) is 2.87. The first-order valence-electron chi connectivity index (χ1n) is 5.77. The molecule has 0 spiro atoms. The molecular formula is C12H16N2O4P+. The first kappa shape index (κ1) is 14.1. The maximum absolute atomic E-state index is 12.1. The molecule has 2 atom stereocenters. The normalized spacial score (nSPS) is 19.0. The molecule has 1 aromatic carbocycles. The van der Waals surface area contributed by atoms with E-state index < -0.39 is 14.8 Å². The summed E-state index contributed by atoms with van der Waals surface area (Å²) in [6.07, 6.45) is 1.49. The zero-order valence-corrected chi connectivity index (χ0v) is 11.9. The van der Waals surface area contributed by atoms with Crippen LogP contribution in [0.3, 0.4) is 0 Å². The summed E-state index contributed by atoms with van der Waals surface area (Å²) >= 11 is 0. The van der Waals surface area contributed by atoms with E-state index in [1.807, 2.05) is 19.9 Å². The van der Waals surface area contributed by atoms with Crippen molar-refractivity contribution in [2.45, 2.75) is 13.8 Å². The van der Waals surface area contributed by atoms with E-state index in [0.29, 0.717) is 16.6 Å². The lowest BCUT2D eigenvalue weighted by Crippen LogP contribution is -3.08. The van der Waals surface area contributed by atoms with Crippen LogP contribution in [0.1, 0.15) is 16.7 Å². The number of aliphatic hydroxyl groups excluding tert-OH is 1. The minimum absolute atomic E-state index is 0.144. The van der Waals surface area contributed by atoms with Crippen LogP contribution in [0.25, 0.3) is 5.31 Å². The summed E-state index contributed by atoms with van der Waals surface area (Å²) in [4.78, 5) is 0. The molecule has 0 fully saturated rings. The van der Waals surface area contributed by atoms with Gasteiger partial charge in [-0.15, -0.1) is 4.52 Å². The molecule has 6 nitrogen and oxygen atoms in total. The molecule has 0 aliphatic carbocycles. The Bertz CT molecular complexity index is 559. The minimum atomic E-state index is -2.19. The number of hydrogen-bond acceptors (Lipinski definition) is 5. The third kappa shape index (κ3) is 2.54. The highest BCUT2D eigenvalue weighted by atomic mass is 31.1. The van der Waals surface area contributed by atoms with E-state index >= 15 is 0 Å². The van der Waals surface area contributed by atoms with E-state index in [4.69, 9.17) is 9.63 Å². The van der Waals surface area contributed by atoms with Gasteiger partial charge in [-0.3, -0.25) is 0 Å². The second-order valence-electron chi connectivity index (χ2n) is 4.43. The van der Waals surface area contributed by atoms with Gasteiger partial charge in [0.25, 0.3) is 5.31 Å². The van der Waals surface area contributed by atoms with Crippen LogP contribution in [-0.4, -0.2) is 24.0 Å². The van der Waals surface area contributed by atoms with Crippen LogP contribution in [0, 0.1) is 19.1 Å². The van der Waals surface area contributed by atoms with Gasteiger partial charge in [-0.1, -0.05) is 0 Å². The molecule has 7 heteroatoms. The molecular weight excluding hydrogens is 267 g/mol. The summed E-state index contributed by atoms with van der Waals surface area (Å²) in [5, 5.41) is 22.5. The number of nitrogens with one attached hydrogen (secondary N) is 1. The maximum Gasteiger partial charge on any atom is 0.553 e. The molecule has 0 aromatic heterocycles. The SMILES string of the molecule is Cc1cc2c(cc1C)[NH+]([O-])N(C)C=C2[P+](=O)OCO. The van der Waals surface area contributed by atoms with Crippen molar-refractivity contribution in [3.8, 4) is 0 Å². The molecule has 19 heavy (non-hydrogen) atoms. The van der Waals surface area contributed by atoms with Crippen molar-refractivity contribution in [1.29, 1.82) is 0 Å². The number of aliphatic hydroxyl groups is 1. The highest BCUT2D eigenvalue weighted by Crippen LogP contribution is 2.44. The van der Waals surface area contributed by atoms with Gasteiger partial charge in [0.2, 0.25) is 0 Å². The van der Waals surface area contributed by atoms with Crippen LogP contribution in [0.5, 0.6) is 0 Å². The van der Waals surface area contributed by atoms with E-state index in [2.05, 4.69) is 0 Å². The van der Waals surface area contributed by atoms with Gasteiger partial charge in [0.15, 0.2) is 12.5 Å². The van der Waals surface area contributed by atoms with Crippen LogP contribution >= 0.6 is 8.03 Å². The fourth-order valence-electron chi connectivity index (χ4n) is 1.97. The van der Waals surface area contributed by atoms with Gasteiger partial charge in [-0.25, -0.2) is 10.2 Å².